The van der Waals surface area contributed by atoms with E-state index < -0.39 is 0 Å². The predicted molar refractivity (Wildman–Crippen MR) is 53.5 cm³/mol. The average Bonchev–Trinajstić information content (AvgIpc) is 2.08. The van der Waals surface area contributed by atoms with Gasteiger partial charge in [0.1, 0.15) is 5.82 Å². The molecule has 0 bridgehead atoms. The second kappa shape index (κ2) is 4.77. The third kappa shape index (κ3) is 3.85. The molecule has 0 spiro atoms. The van der Waals surface area contributed by atoms with Crippen molar-refractivity contribution in [2.45, 2.75) is 26.3 Å². The fourth-order valence-electron chi connectivity index (χ4n) is 0.921. The summed E-state index contributed by atoms with van der Waals surface area (Å²) in [4.78, 5) is 0. The van der Waals surface area contributed by atoms with E-state index in [1.54, 1.807) is 0 Å². The van der Waals surface area contributed by atoms with Crippen LogP contribution in [0.3, 0.4) is 0 Å². The molecule has 0 aromatic carbocycles. The van der Waals surface area contributed by atoms with Gasteiger partial charge in [0.25, 0.3) is 0 Å². The Kier molecular flexibility index (Phi) is 3.64. The highest BCUT2D eigenvalue weighted by Crippen LogP contribution is 2.00. The van der Waals surface area contributed by atoms with Crippen molar-refractivity contribution in [1.82, 2.24) is 10.2 Å². The average molecular weight is 180 g/mol. The summed E-state index contributed by atoms with van der Waals surface area (Å²) < 4.78 is 0. The minimum absolute atomic E-state index is 0.228. The third-order valence-corrected chi connectivity index (χ3v) is 1.70. The van der Waals surface area contributed by atoms with Crippen molar-refractivity contribution in [3.63, 3.8) is 0 Å². The first kappa shape index (κ1) is 9.92. The maximum atomic E-state index is 5.60. The van der Waals surface area contributed by atoms with Crippen LogP contribution >= 0.6 is 0 Å². The first-order chi connectivity index (χ1) is 6.18. The van der Waals surface area contributed by atoms with E-state index >= 15 is 0 Å². The van der Waals surface area contributed by atoms with Crippen LogP contribution in [0, 0.1) is 6.92 Å². The zero-order valence-electron chi connectivity index (χ0n) is 8.12. The molecule has 0 aliphatic rings. The van der Waals surface area contributed by atoms with Gasteiger partial charge in [-0.3, -0.25) is 0 Å². The highest BCUT2D eigenvalue weighted by atomic mass is 15.2. The van der Waals surface area contributed by atoms with Gasteiger partial charge in [-0.05, 0) is 32.4 Å². The molecule has 1 heterocycles. The molecule has 0 aliphatic heterocycles. The summed E-state index contributed by atoms with van der Waals surface area (Å²) in [6.07, 6.45) is 0.940. The van der Waals surface area contributed by atoms with Gasteiger partial charge in [-0.2, -0.15) is 5.10 Å². The smallest absolute Gasteiger partial charge is 0.148 e. The number of nitrogens with two attached hydrogens (primary N) is 1. The molecule has 72 valence electrons. The number of aromatic nitrogens is 2. The molecule has 0 aliphatic carbocycles. The molecular weight excluding hydrogens is 164 g/mol. The SMILES string of the molecule is Cc1ccc(NCCC(C)N)nn1. The topological polar surface area (TPSA) is 63.8 Å². The lowest BCUT2D eigenvalue weighted by atomic mass is 10.2. The van der Waals surface area contributed by atoms with E-state index in [0.29, 0.717) is 0 Å². The number of nitrogens with zero attached hydrogens (tertiary/aromatic N) is 2. The van der Waals surface area contributed by atoms with Gasteiger partial charge in [0.2, 0.25) is 0 Å². The van der Waals surface area contributed by atoms with E-state index in [0.717, 1.165) is 24.5 Å². The summed E-state index contributed by atoms with van der Waals surface area (Å²) in [6, 6.07) is 4.08. The van der Waals surface area contributed by atoms with Crippen LogP contribution < -0.4 is 11.1 Å². The molecule has 1 aromatic heterocycles. The summed E-state index contributed by atoms with van der Waals surface area (Å²) >= 11 is 0. The summed E-state index contributed by atoms with van der Waals surface area (Å²) in [7, 11) is 0. The standard InChI is InChI=1S/C9H16N4/c1-7(10)5-6-11-9-4-3-8(2)12-13-9/h3-4,7H,5-6,10H2,1-2H3,(H,11,13). The van der Waals surface area contributed by atoms with Crippen molar-refractivity contribution in [3.05, 3.63) is 17.8 Å². The largest absolute Gasteiger partial charge is 0.369 e. The second-order valence-corrected chi connectivity index (χ2v) is 3.25. The Labute approximate surface area is 78.6 Å². The molecule has 1 rings (SSSR count). The zero-order valence-corrected chi connectivity index (χ0v) is 8.12. The Bertz CT molecular complexity index is 242. The number of hydrogen-bond donors (Lipinski definition) is 2. The normalized spacial score (nSPS) is 12.5. The van der Waals surface area contributed by atoms with Gasteiger partial charge in [-0.15, -0.1) is 5.10 Å². The molecule has 4 nitrogen and oxygen atoms in total. The summed E-state index contributed by atoms with van der Waals surface area (Å²) in [6.45, 7) is 4.75. The van der Waals surface area contributed by atoms with Crippen molar-refractivity contribution < 1.29 is 0 Å². The zero-order chi connectivity index (χ0) is 9.68. The van der Waals surface area contributed by atoms with E-state index in [9.17, 15) is 0 Å². The first-order valence-electron chi connectivity index (χ1n) is 4.48. The molecule has 1 unspecified atom stereocenters. The molecule has 1 aromatic rings. The molecule has 1 atom stereocenters. The number of hydrogen-bond acceptors (Lipinski definition) is 4. The second-order valence-electron chi connectivity index (χ2n) is 3.25. The Morgan fingerprint density at radius 3 is 2.77 bits per heavy atom. The Balaban J connectivity index is 2.33. The van der Waals surface area contributed by atoms with Crippen molar-refractivity contribution >= 4 is 5.82 Å². The van der Waals surface area contributed by atoms with Crippen molar-refractivity contribution in [2.24, 2.45) is 5.73 Å². The summed E-state index contributed by atoms with van der Waals surface area (Å²) in [5, 5.41) is 11.1. The van der Waals surface area contributed by atoms with Gasteiger partial charge >= 0.3 is 0 Å². The first-order valence-corrected chi connectivity index (χ1v) is 4.48. The van der Waals surface area contributed by atoms with E-state index in [-0.39, 0.29) is 6.04 Å². The maximum absolute atomic E-state index is 5.60. The number of anilines is 1. The van der Waals surface area contributed by atoms with Crippen molar-refractivity contribution in [3.8, 4) is 0 Å². The van der Waals surface area contributed by atoms with Gasteiger partial charge in [-0.25, -0.2) is 0 Å². The Hall–Kier alpha value is -1.16. The maximum Gasteiger partial charge on any atom is 0.148 e. The molecule has 0 saturated heterocycles. The van der Waals surface area contributed by atoms with Crippen LogP contribution in [0.1, 0.15) is 19.0 Å². The molecule has 4 heteroatoms. The lowest BCUT2D eigenvalue weighted by Gasteiger charge is -2.06. The number of nitrogens with one attached hydrogen (secondary N) is 1. The van der Waals surface area contributed by atoms with Crippen molar-refractivity contribution in [2.75, 3.05) is 11.9 Å². The number of aryl methyl sites for hydroxylation is 1. The fourth-order valence-corrected chi connectivity index (χ4v) is 0.921. The van der Waals surface area contributed by atoms with E-state index in [1.165, 1.54) is 0 Å². The molecule has 0 radical (unpaired) electrons. The Morgan fingerprint density at radius 1 is 1.46 bits per heavy atom. The van der Waals surface area contributed by atoms with Crippen LogP contribution in [-0.2, 0) is 0 Å². The van der Waals surface area contributed by atoms with Crippen LogP contribution in [0.2, 0.25) is 0 Å². The lowest BCUT2D eigenvalue weighted by Crippen LogP contribution is -2.19. The van der Waals surface area contributed by atoms with Gasteiger partial charge in [0, 0.05) is 12.6 Å². The van der Waals surface area contributed by atoms with E-state index in [1.807, 2.05) is 26.0 Å². The molecule has 0 amide bonds. The van der Waals surface area contributed by atoms with Gasteiger partial charge in [-0.1, -0.05) is 0 Å². The van der Waals surface area contributed by atoms with Crippen molar-refractivity contribution in [1.29, 1.82) is 0 Å². The van der Waals surface area contributed by atoms with E-state index in [2.05, 4.69) is 15.5 Å². The van der Waals surface area contributed by atoms with Gasteiger partial charge in [0.15, 0.2) is 0 Å². The minimum Gasteiger partial charge on any atom is -0.369 e. The van der Waals surface area contributed by atoms with E-state index in [4.69, 9.17) is 5.73 Å². The van der Waals surface area contributed by atoms with Crippen LogP contribution in [-0.4, -0.2) is 22.8 Å². The highest BCUT2D eigenvalue weighted by Gasteiger charge is 1.95. The van der Waals surface area contributed by atoms with Crippen LogP contribution in [0.25, 0.3) is 0 Å². The molecule has 13 heavy (non-hydrogen) atoms. The molecule has 3 N–H and O–H groups in total. The fraction of sp³-hybridized carbons (Fsp3) is 0.556. The highest BCUT2D eigenvalue weighted by molar-refractivity contribution is 5.32. The number of rotatable bonds is 4. The quantitative estimate of drug-likeness (QED) is 0.723. The van der Waals surface area contributed by atoms with Gasteiger partial charge in [0.05, 0.1) is 5.69 Å². The van der Waals surface area contributed by atoms with Crippen LogP contribution in [0.15, 0.2) is 12.1 Å². The minimum atomic E-state index is 0.228. The summed E-state index contributed by atoms with van der Waals surface area (Å²) in [5.41, 5.74) is 6.53. The van der Waals surface area contributed by atoms with Crippen LogP contribution in [0.5, 0.6) is 0 Å². The summed E-state index contributed by atoms with van der Waals surface area (Å²) in [5.74, 6) is 0.811. The molecule has 0 fully saturated rings. The van der Waals surface area contributed by atoms with Gasteiger partial charge < -0.3 is 11.1 Å². The third-order valence-electron chi connectivity index (χ3n) is 1.70. The molecular formula is C9H16N4. The monoisotopic (exact) mass is 180 g/mol. The predicted octanol–water partition coefficient (Wildman–Crippen LogP) is 0.934. The molecule has 0 saturated carbocycles. The Morgan fingerprint density at radius 2 is 2.23 bits per heavy atom. The van der Waals surface area contributed by atoms with Crippen LogP contribution in [0.4, 0.5) is 5.82 Å². The lowest BCUT2D eigenvalue weighted by molar-refractivity contribution is 0.688.